The Balaban J connectivity index is 2.50. The maximum Gasteiger partial charge on any atom is 0.358 e. The van der Waals surface area contributed by atoms with Gasteiger partial charge in [0, 0.05) is 6.20 Å². The topological polar surface area (TPSA) is 68.7 Å². The molecule has 1 N–H and O–H groups in total. The fourth-order valence-corrected chi connectivity index (χ4v) is 1.10. The summed E-state index contributed by atoms with van der Waals surface area (Å²) in [4.78, 5) is 14.5. The van der Waals surface area contributed by atoms with Gasteiger partial charge in [0.15, 0.2) is 11.4 Å². The molecule has 0 saturated carbocycles. The van der Waals surface area contributed by atoms with Crippen LogP contribution in [0.3, 0.4) is 0 Å². The zero-order chi connectivity index (χ0) is 12.0. The van der Waals surface area contributed by atoms with Gasteiger partial charge in [0.1, 0.15) is 6.61 Å². The predicted molar refractivity (Wildman–Crippen MR) is 57.8 cm³/mol. The molecule has 0 unspecified atom stereocenters. The SMILES string of the molecule is CC(C)OCCOc1cccnc1C(=O)O. The third-order valence-corrected chi connectivity index (χ3v) is 1.77. The molecular formula is C11H15NO4. The van der Waals surface area contributed by atoms with Crippen molar-refractivity contribution >= 4 is 5.97 Å². The van der Waals surface area contributed by atoms with Crippen molar-refractivity contribution in [1.82, 2.24) is 4.98 Å². The van der Waals surface area contributed by atoms with Crippen LogP contribution in [-0.4, -0.2) is 35.4 Å². The van der Waals surface area contributed by atoms with E-state index in [1.807, 2.05) is 13.8 Å². The molecule has 0 aliphatic heterocycles. The molecule has 0 bridgehead atoms. The number of carboxylic acids is 1. The number of carbonyl (C=O) groups is 1. The Morgan fingerprint density at radius 2 is 2.25 bits per heavy atom. The second kappa shape index (κ2) is 6.07. The molecule has 0 atom stereocenters. The lowest BCUT2D eigenvalue weighted by Crippen LogP contribution is -2.13. The minimum absolute atomic E-state index is 0.0768. The van der Waals surface area contributed by atoms with E-state index in [0.29, 0.717) is 13.2 Å². The normalized spacial score (nSPS) is 10.4. The maximum absolute atomic E-state index is 10.8. The monoisotopic (exact) mass is 225 g/mol. The summed E-state index contributed by atoms with van der Waals surface area (Å²) in [7, 11) is 0. The van der Waals surface area contributed by atoms with Gasteiger partial charge in [-0.25, -0.2) is 9.78 Å². The molecule has 1 aromatic rings. The van der Waals surface area contributed by atoms with E-state index in [-0.39, 0.29) is 17.5 Å². The first kappa shape index (κ1) is 12.4. The summed E-state index contributed by atoms with van der Waals surface area (Å²) < 4.78 is 10.6. The first-order chi connectivity index (χ1) is 7.61. The molecule has 0 fully saturated rings. The van der Waals surface area contributed by atoms with E-state index < -0.39 is 5.97 Å². The van der Waals surface area contributed by atoms with Crippen LogP contribution < -0.4 is 4.74 Å². The van der Waals surface area contributed by atoms with E-state index in [9.17, 15) is 4.79 Å². The summed E-state index contributed by atoms with van der Waals surface area (Å²) in [5.74, 6) is -0.831. The van der Waals surface area contributed by atoms with Crippen LogP contribution in [0, 0.1) is 0 Å². The fraction of sp³-hybridized carbons (Fsp3) is 0.455. The van der Waals surface area contributed by atoms with Gasteiger partial charge in [-0.3, -0.25) is 0 Å². The van der Waals surface area contributed by atoms with E-state index >= 15 is 0 Å². The minimum Gasteiger partial charge on any atom is -0.489 e. The molecule has 0 aliphatic rings. The van der Waals surface area contributed by atoms with Crippen LogP contribution in [0.25, 0.3) is 0 Å². The number of hydrogen-bond donors (Lipinski definition) is 1. The average Bonchev–Trinajstić information content (AvgIpc) is 2.24. The zero-order valence-electron chi connectivity index (χ0n) is 9.34. The van der Waals surface area contributed by atoms with Gasteiger partial charge in [0.25, 0.3) is 0 Å². The van der Waals surface area contributed by atoms with Crippen molar-refractivity contribution in [2.45, 2.75) is 20.0 Å². The lowest BCUT2D eigenvalue weighted by atomic mass is 10.3. The Bertz CT molecular complexity index is 352. The van der Waals surface area contributed by atoms with Gasteiger partial charge in [-0.1, -0.05) is 0 Å². The molecule has 1 heterocycles. The van der Waals surface area contributed by atoms with E-state index in [1.165, 1.54) is 6.20 Å². The predicted octanol–water partition coefficient (Wildman–Crippen LogP) is 1.58. The molecule has 1 rings (SSSR count). The Hall–Kier alpha value is -1.62. The van der Waals surface area contributed by atoms with Gasteiger partial charge < -0.3 is 14.6 Å². The summed E-state index contributed by atoms with van der Waals surface area (Å²) in [6, 6.07) is 3.21. The van der Waals surface area contributed by atoms with Gasteiger partial charge in [-0.2, -0.15) is 0 Å². The molecule has 16 heavy (non-hydrogen) atoms. The van der Waals surface area contributed by atoms with E-state index in [2.05, 4.69) is 4.98 Å². The Labute approximate surface area is 94.0 Å². The highest BCUT2D eigenvalue weighted by Gasteiger charge is 2.11. The molecule has 0 spiro atoms. The van der Waals surface area contributed by atoms with Crippen LogP contribution in [0.2, 0.25) is 0 Å². The highest BCUT2D eigenvalue weighted by atomic mass is 16.5. The number of ether oxygens (including phenoxy) is 2. The zero-order valence-corrected chi connectivity index (χ0v) is 9.34. The van der Waals surface area contributed by atoms with Crippen molar-refractivity contribution in [3.63, 3.8) is 0 Å². The summed E-state index contributed by atoms with van der Waals surface area (Å²) in [6.07, 6.45) is 1.55. The van der Waals surface area contributed by atoms with E-state index in [0.717, 1.165) is 0 Å². The average molecular weight is 225 g/mol. The standard InChI is InChI=1S/C11H15NO4/c1-8(2)15-6-7-16-9-4-3-5-12-10(9)11(13)14/h3-5,8H,6-7H2,1-2H3,(H,13,14). The van der Waals surface area contributed by atoms with Crippen molar-refractivity contribution in [1.29, 1.82) is 0 Å². The van der Waals surface area contributed by atoms with Crippen LogP contribution >= 0.6 is 0 Å². The molecule has 88 valence electrons. The third kappa shape index (κ3) is 3.86. The molecule has 0 aliphatic carbocycles. The second-order valence-electron chi connectivity index (χ2n) is 3.42. The van der Waals surface area contributed by atoms with Crippen LogP contribution in [0.1, 0.15) is 24.3 Å². The number of nitrogens with zero attached hydrogens (tertiary/aromatic N) is 1. The highest BCUT2D eigenvalue weighted by molar-refractivity contribution is 5.88. The van der Waals surface area contributed by atoms with Gasteiger partial charge in [0.05, 0.1) is 12.7 Å². The lowest BCUT2D eigenvalue weighted by Gasteiger charge is -2.10. The number of rotatable bonds is 6. The molecule has 0 radical (unpaired) electrons. The minimum atomic E-state index is -1.10. The van der Waals surface area contributed by atoms with Crippen LogP contribution in [0.4, 0.5) is 0 Å². The first-order valence-corrected chi connectivity index (χ1v) is 5.04. The van der Waals surface area contributed by atoms with Crippen LogP contribution in [0.15, 0.2) is 18.3 Å². The van der Waals surface area contributed by atoms with Gasteiger partial charge in [-0.05, 0) is 26.0 Å². The molecule has 5 nitrogen and oxygen atoms in total. The summed E-state index contributed by atoms with van der Waals surface area (Å²) in [6.45, 7) is 4.58. The van der Waals surface area contributed by atoms with Crippen molar-refractivity contribution in [3.8, 4) is 5.75 Å². The number of carboxylic acid groups (broad SMARTS) is 1. The summed E-state index contributed by atoms with van der Waals surface area (Å²) in [5, 5.41) is 8.84. The Kier molecular flexibility index (Phi) is 4.72. The maximum atomic E-state index is 10.8. The molecule has 0 amide bonds. The molecule has 5 heteroatoms. The number of pyridine rings is 1. The van der Waals surface area contributed by atoms with Crippen LogP contribution in [0.5, 0.6) is 5.75 Å². The Morgan fingerprint density at radius 1 is 1.50 bits per heavy atom. The van der Waals surface area contributed by atoms with Crippen molar-refractivity contribution in [3.05, 3.63) is 24.0 Å². The highest BCUT2D eigenvalue weighted by Crippen LogP contribution is 2.14. The summed E-state index contributed by atoms with van der Waals surface area (Å²) in [5.41, 5.74) is -0.0768. The molecule has 0 saturated heterocycles. The van der Waals surface area contributed by atoms with Crippen molar-refractivity contribution in [2.24, 2.45) is 0 Å². The van der Waals surface area contributed by atoms with Gasteiger partial charge in [0.2, 0.25) is 0 Å². The molecular weight excluding hydrogens is 210 g/mol. The van der Waals surface area contributed by atoms with Crippen molar-refractivity contribution in [2.75, 3.05) is 13.2 Å². The quantitative estimate of drug-likeness (QED) is 0.744. The Morgan fingerprint density at radius 3 is 2.88 bits per heavy atom. The number of aromatic nitrogens is 1. The lowest BCUT2D eigenvalue weighted by molar-refractivity contribution is 0.0536. The largest absolute Gasteiger partial charge is 0.489 e. The van der Waals surface area contributed by atoms with E-state index in [1.54, 1.807) is 12.1 Å². The van der Waals surface area contributed by atoms with Crippen molar-refractivity contribution < 1.29 is 19.4 Å². The fourth-order valence-electron chi connectivity index (χ4n) is 1.10. The van der Waals surface area contributed by atoms with Crippen LogP contribution in [-0.2, 0) is 4.74 Å². The van der Waals surface area contributed by atoms with Gasteiger partial charge >= 0.3 is 5.97 Å². The van der Waals surface area contributed by atoms with E-state index in [4.69, 9.17) is 14.6 Å². The molecule has 1 aromatic heterocycles. The smallest absolute Gasteiger partial charge is 0.358 e. The summed E-state index contributed by atoms with van der Waals surface area (Å²) >= 11 is 0. The second-order valence-corrected chi connectivity index (χ2v) is 3.42. The number of aromatic carboxylic acids is 1. The third-order valence-electron chi connectivity index (χ3n) is 1.77. The first-order valence-electron chi connectivity index (χ1n) is 5.04. The number of hydrogen-bond acceptors (Lipinski definition) is 4. The molecule has 0 aromatic carbocycles. The van der Waals surface area contributed by atoms with Gasteiger partial charge in [-0.15, -0.1) is 0 Å².